The van der Waals surface area contributed by atoms with Crippen molar-refractivity contribution in [3.8, 4) is 11.5 Å². The molecule has 3 aromatic rings. The first-order chi connectivity index (χ1) is 16.9. The van der Waals surface area contributed by atoms with Crippen molar-refractivity contribution in [3.63, 3.8) is 0 Å². The number of aliphatic carboxylic acids is 1. The van der Waals surface area contributed by atoms with Gasteiger partial charge in [0.25, 0.3) is 0 Å². The number of ether oxygens (including phenoxy) is 2. The summed E-state index contributed by atoms with van der Waals surface area (Å²) in [6.07, 6.45) is 0.233. The second kappa shape index (κ2) is 10.0. The normalized spacial score (nSPS) is 17.8. The molecule has 1 saturated carbocycles. The molecule has 0 radical (unpaired) electrons. The van der Waals surface area contributed by atoms with Gasteiger partial charge in [-0.05, 0) is 60.4 Å². The highest BCUT2D eigenvalue weighted by atomic mass is 19.4. The van der Waals surface area contributed by atoms with Gasteiger partial charge in [-0.3, -0.25) is 4.79 Å². The molecule has 2 aromatic carbocycles. The molecule has 1 aliphatic carbocycles. The maximum absolute atomic E-state index is 12.5. The van der Waals surface area contributed by atoms with Crippen molar-refractivity contribution in [3.05, 3.63) is 53.3 Å². The van der Waals surface area contributed by atoms with Crippen LogP contribution in [0.15, 0.2) is 36.4 Å². The van der Waals surface area contributed by atoms with Gasteiger partial charge in [0, 0.05) is 24.9 Å². The molecule has 6 nitrogen and oxygen atoms in total. The van der Waals surface area contributed by atoms with E-state index in [9.17, 15) is 18.0 Å². The van der Waals surface area contributed by atoms with Crippen LogP contribution in [-0.2, 0) is 17.6 Å². The maximum atomic E-state index is 12.5. The quantitative estimate of drug-likeness (QED) is 0.370. The Morgan fingerprint density at radius 1 is 1.22 bits per heavy atom. The largest absolute Gasteiger partial charge is 0.573 e. The summed E-state index contributed by atoms with van der Waals surface area (Å²) in [5.74, 6) is 0.294. The number of hydrogen-bond acceptors (Lipinski definition) is 4. The van der Waals surface area contributed by atoms with Crippen molar-refractivity contribution in [1.82, 2.24) is 9.55 Å². The molecule has 1 fully saturated rings. The maximum Gasteiger partial charge on any atom is 0.573 e. The van der Waals surface area contributed by atoms with Crippen LogP contribution < -0.4 is 9.47 Å². The van der Waals surface area contributed by atoms with E-state index < -0.39 is 12.3 Å². The topological polar surface area (TPSA) is 73.6 Å². The summed E-state index contributed by atoms with van der Waals surface area (Å²) < 4.78 is 49.5. The molecule has 0 bridgehead atoms. The molecular formula is C27H31F3N2O4. The van der Waals surface area contributed by atoms with Crippen LogP contribution in [0.3, 0.4) is 0 Å². The lowest BCUT2D eigenvalue weighted by Crippen LogP contribution is -2.26. The molecule has 36 heavy (non-hydrogen) atoms. The molecule has 0 aliphatic heterocycles. The number of imidazole rings is 1. The van der Waals surface area contributed by atoms with Crippen LogP contribution >= 0.6 is 0 Å². The molecule has 1 aromatic heterocycles. The number of rotatable bonds is 8. The SMILES string of the molecule is COc1cc2c(cc1CCC(=O)O)nc(Cc1ccc(OC(F)(F)F)cc1)n2[C@H]1CCCC(C)(C)C1. The second-order valence-corrected chi connectivity index (χ2v) is 10.2. The van der Waals surface area contributed by atoms with Crippen molar-refractivity contribution in [2.24, 2.45) is 5.41 Å². The zero-order chi connectivity index (χ0) is 26.1. The van der Waals surface area contributed by atoms with E-state index in [0.29, 0.717) is 18.6 Å². The molecule has 1 atom stereocenters. The number of carbonyl (C=O) groups is 1. The molecule has 0 amide bonds. The van der Waals surface area contributed by atoms with E-state index in [4.69, 9.17) is 14.8 Å². The number of alkyl halides is 3. The number of nitrogens with zero attached hydrogens (tertiary/aromatic N) is 2. The van der Waals surface area contributed by atoms with Crippen LogP contribution in [0.25, 0.3) is 11.0 Å². The lowest BCUT2D eigenvalue weighted by molar-refractivity contribution is -0.274. The van der Waals surface area contributed by atoms with Gasteiger partial charge in [0.05, 0.1) is 18.1 Å². The number of fused-ring (bicyclic) bond motifs is 1. The summed E-state index contributed by atoms with van der Waals surface area (Å²) in [6, 6.07) is 9.91. The molecule has 1 aliphatic rings. The number of aryl methyl sites for hydroxylation is 1. The summed E-state index contributed by atoms with van der Waals surface area (Å²) in [5, 5.41) is 9.13. The standard InChI is InChI=1S/C27H31F3N2O4/c1-26(2)12-4-5-19(16-26)32-22-15-23(35-3)18(8-11-25(33)34)14-21(22)31-24(32)13-17-6-9-20(10-7-17)36-27(28,29)30/h6-7,9-10,14-15,19H,4-5,8,11-13,16H2,1-3H3,(H,33,34)/t19-/m0/s1. The first kappa shape index (κ1) is 25.9. The van der Waals surface area contributed by atoms with E-state index in [1.54, 1.807) is 19.2 Å². The lowest BCUT2D eigenvalue weighted by atomic mass is 9.75. The number of methoxy groups -OCH3 is 1. The average Bonchev–Trinajstić information content (AvgIpc) is 3.13. The Balaban J connectivity index is 1.75. The second-order valence-electron chi connectivity index (χ2n) is 10.2. The number of halogens is 3. The van der Waals surface area contributed by atoms with Crippen LogP contribution in [0, 0.1) is 5.41 Å². The Morgan fingerprint density at radius 3 is 2.56 bits per heavy atom. The van der Waals surface area contributed by atoms with E-state index in [1.807, 2.05) is 12.1 Å². The van der Waals surface area contributed by atoms with Crippen LogP contribution in [0.5, 0.6) is 11.5 Å². The van der Waals surface area contributed by atoms with Gasteiger partial charge in [-0.1, -0.05) is 32.4 Å². The molecule has 194 valence electrons. The van der Waals surface area contributed by atoms with E-state index in [2.05, 4.69) is 23.2 Å². The predicted molar refractivity (Wildman–Crippen MR) is 129 cm³/mol. The van der Waals surface area contributed by atoms with Crippen LogP contribution in [0.1, 0.15) is 68.9 Å². The fourth-order valence-electron chi connectivity index (χ4n) is 5.24. The lowest BCUT2D eigenvalue weighted by Gasteiger charge is -2.36. The third kappa shape index (κ3) is 6.12. The van der Waals surface area contributed by atoms with Gasteiger partial charge in [0.15, 0.2) is 0 Å². The zero-order valence-corrected chi connectivity index (χ0v) is 20.7. The first-order valence-electron chi connectivity index (χ1n) is 12.1. The number of carboxylic acid groups (broad SMARTS) is 1. The minimum atomic E-state index is -4.74. The molecule has 0 saturated heterocycles. The van der Waals surface area contributed by atoms with Gasteiger partial charge < -0.3 is 19.1 Å². The van der Waals surface area contributed by atoms with Crippen molar-refractivity contribution in [2.45, 2.75) is 71.2 Å². The van der Waals surface area contributed by atoms with E-state index >= 15 is 0 Å². The minimum Gasteiger partial charge on any atom is -0.496 e. The predicted octanol–water partition coefficient (Wildman–Crippen LogP) is 6.69. The van der Waals surface area contributed by atoms with E-state index in [0.717, 1.165) is 53.7 Å². The molecule has 0 spiro atoms. The zero-order valence-electron chi connectivity index (χ0n) is 20.7. The third-order valence-electron chi connectivity index (χ3n) is 6.84. The Labute approximate surface area is 208 Å². The van der Waals surface area contributed by atoms with E-state index in [-0.39, 0.29) is 23.6 Å². The highest BCUT2D eigenvalue weighted by Crippen LogP contribution is 2.43. The van der Waals surface area contributed by atoms with Crippen LogP contribution in [0.2, 0.25) is 0 Å². The molecule has 4 rings (SSSR count). The van der Waals surface area contributed by atoms with Crippen molar-refractivity contribution >= 4 is 17.0 Å². The molecule has 0 unspecified atom stereocenters. The fraction of sp³-hybridized carbons (Fsp3) is 0.481. The Kier molecular flexibility index (Phi) is 7.20. The summed E-state index contributed by atoms with van der Waals surface area (Å²) in [6.45, 7) is 4.53. The van der Waals surface area contributed by atoms with Crippen molar-refractivity contribution in [2.75, 3.05) is 7.11 Å². The Morgan fingerprint density at radius 2 is 1.94 bits per heavy atom. The molecule has 9 heteroatoms. The third-order valence-corrected chi connectivity index (χ3v) is 6.84. The number of carboxylic acids is 1. The van der Waals surface area contributed by atoms with Gasteiger partial charge in [-0.15, -0.1) is 13.2 Å². The monoisotopic (exact) mass is 504 g/mol. The molecular weight excluding hydrogens is 473 g/mol. The molecule has 1 N–H and O–H groups in total. The number of hydrogen-bond donors (Lipinski definition) is 1. The summed E-state index contributed by atoms with van der Waals surface area (Å²) in [7, 11) is 1.57. The summed E-state index contributed by atoms with van der Waals surface area (Å²) in [4.78, 5) is 16.1. The smallest absolute Gasteiger partial charge is 0.496 e. The minimum absolute atomic E-state index is 0.0153. The number of benzene rings is 2. The Hall–Kier alpha value is -3.23. The first-order valence-corrected chi connectivity index (χ1v) is 12.1. The van der Waals surface area contributed by atoms with Crippen molar-refractivity contribution < 1.29 is 32.5 Å². The van der Waals surface area contributed by atoms with Gasteiger partial charge in [-0.2, -0.15) is 0 Å². The molecule has 1 heterocycles. The van der Waals surface area contributed by atoms with Gasteiger partial charge in [0.2, 0.25) is 0 Å². The Bertz CT molecular complexity index is 1230. The average molecular weight is 505 g/mol. The van der Waals surface area contributed by atoms with E-state index in [1.165, 1.54) is 12.1 Å². The fourth-order valence-corrected chi connectivity index (χ4v) is 5.24. The van der Waals surface area contributed by atoms with Gasteiger partial charge >= 0.3 is 12.3 Å². The summed E-state index contributed by atoms with van der Waals surface area (Å²) in [5.41, 5.74) is 3.45. The van der Waals surface area contributed by atoms with Gasteiger partial charge in [-0.25, -0.2) is 4.98 Å². The van der Waals surface area contributed by atoms with Crippen molar-refractivity contribution in [1.29, 1.82) is 0 Å². The van der Waals surface area contributed by atoms with Gasteiger partial charge in [0.1, 0.15) is 17.3 Å². The van der Waals surface area contributed by atoms with Crippen LogP contribution in [-0.4, -0.2) is 34.1 Å². The highest BCUT2D eigenvalue weighted by molar-refractivity contribution is 5.80. The highest BCUT2D eigenvalue weighted by Gasteiger charge is 2.32. The van der Waals surface area contributed by atoms with Crippen LogP contribution in [0.4, 0.5) is 13.2 Å². The number of aromatic nitrogens is 2. The summed E-state index contributed by atoms with van der Waals surface area (Å²) >= 11 is 0.